The molecule has 0 spiro atoms. The minimum Gasteiger partial charge on any atom is -0.460 e. The van der Waals surface area contributed by atoms with Crippen LogP contribution in [0.3, 0.4) is 0 Å². The maximum atomic E-state index is 5.87. The van der Waals surface area contributed by atoms with E-state index in [4.69, 9.17) is 16.3 Å². The van der Waals surface area contributed by atoms with E-state index in [-0.39, 0.29) is 17.4 Å². The van der Waals surface area contributed by atoms with Crippen LogP contribution in [0.5, 0.6) is 6.01 Å². The van der Waals surface area contributed by atoms with Crippen molar-refractivity contribution < 1.29 is 4.74 Å². The summed E-state index contributed by atoms with van der Waals surface area (Å²) in [6, 6.07) is 2.06. The Labute approximate surface area is 109 Å². The van der Waals surface area contributed by atoms with Gasteiger partial charge in [-0.3, -0.25) is 0 Å². The molecule has 3 rings (SSSR count). The first-order chi connectivity index (χ1) is 8.81. The Kier molecular flexibility index (Phi) is 3.10. The van der Waals surface area contributed by atoms with E-state index in [1.807, 2.05) is 0 Å². The second kappa shape index (κ2) is 4.89. The lowest BCUT2D eigenvalue weighted by Gasteiger charge is -2.11. The molecule has 0 unspecified atom stereocenters. The SMILES string of the molecule is Clc1nc(OC2CCCC2)nc(-n2cccn2)n1. The summed E-state index contributed by atoms with van der Waals surface area (Å²) in [7, 11) is 0. The van der Waals surface area contributed by atoms with Crippen molar-refractivity contribution in [1.82, 2.24) is 24.7 Å². The molecule has 1 aliphatic rings. The van der Waals surface area contributed by atoms with Gasteiger partial charge in [0.25, 0.3) is 5.95 Å². The minimum absolute atomic E-state index is 0.114. The number of hydrogen-bond donors (Lipinski definition) is 0. The van der Waals surface area contributed by atoms with Crippen molar-refractivity contribution in [3.8, 4) is 12.0 Å². The van der Waals surface area contributed by atoms with E-state index >= 15 is 0 Å². The summed E-state index contributed by atoms with van der Waals surface area (Å²) in [5.41, 5.74) is 0. The highest BCUT2D eigenvalue weighted by Gasteiger charge is 2.19. The van der Waals surface area contributed by atoms with Gasteiger partial charge in [-0.25, -0.2) is 4.68 Å². The summed E-state index contributed by atoms with van der Waals surface area (Å²) >= 11 is 5.87. The van der Waals surface area contributed by atoms with E-state index < -0.39 is 0 Å². The molecule has 2 aromatic rings. The van der Waals surface area contributed by atoms with Gasteiger partial charge in [-0.05, 0) is 43.4 Å². The number of rotatable bonds is 3. The second-order valence-electron chi connectivity index (χ2n) is 4.16. The topological polar surface area (TPSA) is 65.7 Å². The average Bonchev–Trinajstić information content (AvgIpc) is 3.00. The van der Waals surface area contributed by atoms with E-state index in [1.54, 1.807) is 18.5 Å². The molecule has 0 bridgehead atoms. The summed E-state index contributed by atoms with van der Waals surface area (Å²) in [5.74, 6) is 0.369. The van der Waals surface area contributed by atoms with Gasteiger partial charge >= 0.3 is 6.01 Å². The number of nitrogens with zero attached hydrogens (tertiary/aromatic N) is 5. The van der Waals surface area contributed by atoms with Crippen LogP contribution in [0.1, 0.15) is 25.7 Å². The summed E-state index contributed by atoms with van der Waals surface area (Å²) in [4.78, 5) is 12.2. The summed E-state index contributed by atoms with van der Waals surface area (Å²) in [6.07, 6.45) is 8.04. The third-order valence-corrected chi connectivity index (χ3v) is 3.03. The van der Waals surface area contributed by atoms with Crippen LogP contribution in [0.15, 0.2) is 18.5 Å². The Bertz CT molecular complexity index is 524. The van der Waals surface area contributed by atoms with Gasteiger partial charge in [0.15, 0.2) is 0 Å². The van der Waals surface area contributed by atoms with Crippen LogP contribution in [0.4, 0.5) is 0 Å². The lowest BCUT2D eigenvalue weighted by atomic mass is 10.3. The first-order valence-corrected chi connectivity index (χ1v) is 6.27. The molecule has 0 radical (unpaired) electrons. The molecule has 0 N–H and O–H groups in total. The third-order valence-electron chi connectivity index (χ3n) is 2.86. The molecule has 0 saturated heterocycles. The van der Waals surface area contributed by atoms with Gasteiger partial charge in [0.2, 0.25) is 5.28 Å². The number of halogens is 1. The van der Waals surface area contributed by atoms with E-state index in [1.165, 1.54) is 17.5 Å². The number of ether oxygens (including phenoxy) is 1. The normalized spacial score (nSPS) is 16.1. The Balaban J connectivity index is 1.86. The van der Waals surface area contributed by atoms with E-state index in [0.29, 0.717) is 5.95 Å². The van der Waals surface area contributed by atoms with Gasteiger partial charge in [0.1, 0.15) is 6.10 Å². The summed E-state index contributed by atoms with van der Waals surface area (Å²) in [5, 5.41) is 4.16. The zero-order chi connectivity index (χ0) is 12.4. The first kappa shape index (κ1) is 11.4. The van der Waals surface area contributed by atoms with Crippen molar-refractivity contribution in [3.63, 3.8) is 0 Å². The van der Waals surface area contributed by atoms with E-state index in [0.717, 1.165) is 12.8 Å². The average molecular weight is 266 g/mol. The van der Waals surface area contributed by atoms with Gasteiger partial charge in [-0.2, -0.15) is 20.1 Å². The van der Waals surface area contributed by atoms with Gasteiger partial charge < -0.3 is 4.74 Å². The van der Waals surface area contributed by atoms with Crippen LogP contribution < -0.4 is 4.74 Å². The summed E-state index contributed by atoms with van der Waals surface area (Å²) < 4.78 is 7.23. The van der Waals surface area contributed by atoms with Gasteiger partial charge in [-0.15, -0.1) is 0 Å². The van der Waals surface area contributed by atoms with Gasteiger partial charge in [0, 0.05) is 12.4 Å². The van der Waals surface area contributed by atoms with E-state index in [2.05, 4.69) is 20.1 Å². The fourth-order valence-corrected chi connectivity index (χ4v) is 2.17. The molecular formula is C11H12ClN5O. The van der Waals surface area contributed by atoms with Crippen LogP contribution in [0.2, 0.25) is 5.28 Å². The van der Waals surface area contributed by atoms with Crippen molar-refractivity contribution in [2.24, 2.45) is 0 Å². The second-order valence-corrected chi connectivity index (χ2v) is 4.50. The molecule has 2 heterocycles. The minimum atomic E-state index is 0.114. The fraction of sp³-hybridized carbons (Fsp3) is 0.455. The fourth-order valence-electron chi connectivity index (χ4n) is 2.02. The Morgan fingerprint density at radius 3 is 2.78 bits per heavy atom. The lowest BCUT2D eigenvalue weighted by molar-refractivity contribution is 0.191. The number of aromatic nitrogens is 5. The van der Waals surface area contributed by atoms with Gasteiger partial charge in [0.05, 0.1) is 0 Å². The van der Waals surface area contributed by atoms with Crippen molar-refractivity contribution in [3.05, 3.63) is 23.7 Å². The van der Waals surface area contributed by atoms with Crippen molar-refractivity contribution in [1.29, 1.82) is 0 Å². The molecule has 7 heteroatoms. The predicted molar refractivity (Wildman–Crippen MR) is 64.8 cm³/mol. The van der Waals surface area contributed by atoms with Crippen molar-refractivity contribution in [2.75, 3.05) is 0 Å². The highest BCUT2D eigenvalue weighted by molar-refractivity contribution is 6.28. The molecule has 2 aromatic heterocycles. The quantitative estimate of drug-likeness (QED) is 0.850. The van der Waals surface area contributed by atoms with Crippen LogP contribution >= 0.6 is 11.6 Å². The predicted octanol–water partition coefficient (Wildman–Crippen LogP) is 2.03. The molecule has 1 aliphatic carbocycles. The number of hydrogen-bond acceptors (Lipinski definition) is 5. The monoisotopic (exact) mass is 265 g/mol. The van der Waals surface area contributed by atoms with Crippen molar-refractivity contribution >= 4 is 11.6 Å². The molecule has 1 saturated carbocycles. The zero-order valence-corrected chi connectivity index (χ0v) is 10.4. The molecule has 1 fully saturated rings. The molecule has 0 aliphatic heterocycles. The Morgan fingerprint density at radius 1 is 1.22 bits per heavy atom. The lowest BCUT2D eigenvalue weighted by Crippen LogP contribution is -2.14. The highest BCUT2D eigenvalue weighted by atomic mass is 35.5. The molecule has 0 aromatic carbocycles. The van der Waals surface area contributed by atoms with Crippen molar-refractivity contribution in [2.45, 2.75) is 31.8 Å². The highest BCUT2D eigenvalue weighted by Crippen LogP contribution is 2.22. The largest absolute Gasteiger partial charge is 0.460 e. The standard InChI is InChI=1S/C11H12ClN5O/c12-9-14-10(17-7-3-6-13-17)16-11(15-9)18-8-4-1-2-5-8/h3,6-8H,1-2,4-5H2. The first-order valence-electron chi connectivity index (χ1n) is 5.89. The summed E-state index contributed by atoms with van der Waals surface area (Å²) in [6.45, 7) is 0. The van der Waals surface area contributed by atoms with Crippen LogP contribution in [0, 0.1) is 0 Å². The smallest absolute Gasteiger partial charge is 0.322 e. The molecule has 94 valence electrons. The Morgan fingerprint density at radius 2 is 2.06 bits per heavy atom. The molecule has 0 atom stereocenters. The maximum Gasteiger partial charge on any atom is 0.322 e. The van der Waals surface area contributed by atoms with Crippen LogP contribution in [-0.2, 0) is 0 Å². The molecule has 18 heavy (non-hydrogen) atoms. The zero-order valence-electron chi connectivity index (χ0n) is 9.66. The van der Waals surface area contributed by atoms with Crippen LogP contribution in [-0.4, -0.2) is 30.8 Å². The third kappa shape index (κ3) is 2.43. The molecule has 0 amide bonds. The molecule has 6 nitrogen and oxygen atoms in total. The Hall–Kier alpha value is -1.69. The molecular weight excluding hydrogens is 254 g/mol. The van der Waals surface area contributed by atoms with Gasteiger partial charge in [-0.1, -0.05) is 0 Å². The maximum absolute atomic E-state index is 5.87. The van der Waals surface area contributed by atoms with Crippen LogP contribution in [0.25, 0.3) is 5.95 Å². The van der Waals surface area contributed by atoms with E-state index in [9.17, 15) is 0 Å².